The molecule has 3 N–H and O–H groups in total. The monoisotopic (exact) mass is 586 g/mol. The molecule has 13 heteroatoms. The first kappa shape index (κ1) is 28.5. The number of hydrazine groups is 1. The molecule has 1 aliphatic heterocycles. The predicted octanol–water partition coefficient (Wildman–Crippen LogP) is 4.78. The van der Waals surface area contributed by atoms with Crippen LogP contribution in [0.2, 0.25) is 5.02 Å². The third kappa shape index (κ3) is 5.90. The Balaban J connectivity index is 1.41. The van der Waals surface area contributed by atoms with Crippen LogP contribution in [0.1, 0.15) is 47.5 Å². The summed E-state index contributed by atoms with van der Waals surface area (Å²) in [5, 5.41) is 8.32. The smallest absolute Gasteiger partial charge is 0.303 e. The Morgan fingerprint density at radius 3 is 2.61 bits per heavy atom. The van der Waals surface area contributed by atoms with E-state index in [0.29, 0.717) is 6.61 Å². The molecule has 4 aromatic rings. The molecule has 1 atom stereocenters. The van der Waals surface area contributed by atoms with Gasteiger partial charge < -0.3 is 14.0 Å². The fraction of sp³-hybridized carbons (Fsp3) is 0.286. The number of carbonyl (C=O) groups is 1. The van der Waals surface area contributed by atoms with E-state index in [1.807, 2.05) is 19.3 Å². The summed E-state index contributed by atoms with van der Waals surface area (Å²) in [4.78, 5) is 16.7. The molecule has 0 aliphatic carbocycles. The first-order valence-corrected chi connectivity index (χ1v) is 13.0. The zero-order chi connectivity index (χ0) is 29.3. The highest BCUT2D eigenvalue weighted by Gasteiger charge is 2.40. The summed E-state index contributed by atoms with van der Waals surface area (Å²) in [5.41, 5.74) is 1.95. The van der Waals surface area contributed by atoms with Crippen LogP contribution in [-0.2, 0) is 17.8 Å². The van der Waals surface area contributed by atoms with Gasteiger partial charge in [0.25, 0.3) is 0 Å². The van der Waals surface area contributed by atoms with Crippen LogP contribution < -0.4 is 16.0 Å². The van der Waals surface area contributed by atoms with Crippen molar-refractivity contribution in [2.75, 3.05) is 13.2 Å². The first-order chi connectivity index (χ1) is 19.6. The summed E-state index contributed by atoms with van der Waals surface area (Å²) in [7, 11) is 0. The zero-order valence-corrected chi connectivity index (χ0v) is 22.9. The van der Waals surface area contributed by atoms with E-state index >= 15 is 8.78 Å². The van der Waals surface area contributed by atoms with E-state index in [4.69, 9.17) is 26.9 Å². The maximum absolute atomic E-state index is 15.4. The quantitative estimate of drug-likeness (QED) is 0.173. The Hall–Kier alpha value is -4.00. The molecule has 0 spiro atoms. The van der Waals surface area contributed by atoms with E-state index in [9.17, 15) is 9.18 Å². The molecule has 1 aliphatic rings. The van der Waals surface area contributed by atoms with E-state index in [1.165, 1.54) is 30.3 Å². The Morgan fingerprint density at radius 1 is 1.12 bits per heavy atom. The third-order valence-corrected chi connectivity index (χ3v) is 7.17. The summed E-state index contributed by atoms with van der Waals surface area (Å²) in [6.07, 6.45) is -0.149. The van der Waals surface area contributed by atoms with Gasteiger partial charge in [0.15, 0.2) is 0 Å². The maximum atomic E-state index is 15.4. The van der Waals surface area contributed by atoms with Gasteiger partial charge in [-0.2, -0.15) is 0 Å². The van der Waals surface area contributed by atoms with Crippen molar-refractivity contribution in [1.29, 1.82) is 0 Å². The van der Waals surface area contributed by atoms with Gasteiger partial charge in [0.05, 0.1) is 24.9 Å². The lowest BCUT2D eigenvalue weighted by atomic mass is 9.87. The Morgan fingerprint density at radius 2 is 1.90 bits per heavy atom. The highest BCUT2D eigenvalue weighted by molar-refractivity contribution is 6.30. The number of hydrogen-bond donors (Lipinski definition) is 2. The number of pyridine rings is 1. The van der Waals surface area contributed by atoms with Crippen LogP contribution in [0.4, 0.5) is 13.2 Å². The lowest BCUT2D eigenvalue weighted by Gasteiger charge is -2.27. The van der Waals surface area contributed by atoms with Crippen molar-refractivity contribution in [3.63, 3.8) is 0 Å². The Labute approximate surface area is 238 Å². The average Bonchev–Trinajstić information content (AvgIpc) is 3.51. The van der Waals surface area contributed by atoms with Gasteiger partial charge in [-0.1, -0.05) is 37.6 Å². The minimum Gasteiger partial charge on any atom is -0.473 e. The van der Waals surface area contributed by atoms with Crippen molar-refractivity contribution in [2.45, 2.75) is 32.9 Å². The summed E-state index contributed by atoms with van der Waals surface area (Å²) < 4.78 is 57.6. The van der Waals surface area contributed by atoms with E-state index in [0.717, 1.165) is 12.1 Å². The summed E-state index contributed by atoms with van der Waals surface area (Å²) >= 11 is 5.78. The van der Waals surface area contributed by atoms with Crippen LogP contribution in [0.3, 0.4) is 0 Å². The van der Waals surface area contributed by atoms with Gasteiger partial charge in [-0.15, -0.1) is 10.2 Å². The number of hydrogen-bond acceptors (Lipinski definition) is 7. The first-order valence-electron chi connectivity index (χ1n) is 12.6. The summed E-state index contributed by atoms with van der Waals surface area (Å²) in [6.45, 7) is 4.51. The van der Waals surface area contributed by atoms with Crippen LogP contribution in [0, 0.1) is 22.9 Å². The van der Waals surface area contributed by atoms with Gasteiger partial charge in [-0.25, -0.2) is 24.0 Å². The second-order valence-electron chi connectivity index (χ2n) is 10.3. The molecule has 1 saturated heterocycles. The highest BCUT2D eigenvalue weighted by Crippen LogP contribution is 2.39. The molecular weight excluding hydrogens is 561 g/mol. The largest absolute Gasteiger partial charge is 0.473 e. The number of nitrogens with two attached hydrogens (primary N) is 1. The van der Waals surface area contributed by atoms with Gasteiger partial charge in [-0.05, 0) is 35.9 Å². The fourth-order valence-corrected chi connectivity index (χ4v) is 4.86. The van der Waals surface area contributed by atoms with Crippen LogP contribution >= 0.6 is 11.6 Å². The molecule has 0 bridgehead atoms. The zero-order valence-electron chi connectivity index (χ0n) is 22.1. The molecule has 3 heterocycles. The molecule has 214 valence electrons. The van der Waals surface area contributed by atoms with Gasteiger partial charge >= 0.3 is 5.91 Å². The van der Waals surface area contributed by atoms with Crippen molar-refractivity contribution in [3.05, 3.63) is 93.8 Å². The predicted molar refractivity (Wildman–Crippen MR) is 143 cm³/mol. The maximum Gasteiger partial charge on any atom is 0.303 e. The van der Waals surface area contributed by atoms with E-state index in [1.54, 1.807) is 10.6 Å². The van der Waals surface area contributed by atoms with E-state index in [-0.39, 0.29) is 76.0 Å². The second-order valence-corrected chi connectivity index (χ2v) is 10.7. The van der Waals surface area contributed by atoms with E-state index < -0.39 is 23.4 Å². The van der Waals surface area contributed by atoms with Crippen LogP contribution in [0.5, 0.6) is 5.88 Å². The standard InChI is InChI=1S/C28H26ClF3N6O3/c1-28(2)14-40-13-23(28)38-24(36-37-26(38)27(39)35-33)9-16-8-21(32)18(11-20(16)31)22-4-3-5-25(34-22)41-12-15-6-7-17(29)10-19(15)30/h3-8,10-11,23H,9,12-14,33H2,1-2H3,(H,35,39)/t23-/m0/s1. The number of nitrogen functional groups attached to an aromatic ring is 1. The third-order valence-electron chi connectivity index (χ3n) is 6.94. The number of rotatable bonds is 8. The highest BCUT2D eigenvalue weighted by atomic mass is 35.5. The molecule has 0 radical (unpaired) electrons. The molecule has 1 amide bonds. The van der Waals surface area contributed by atoms with Crippen molar-refractivity contribution in [3.8, 4) is 17.1 Å². The number of halogens is 4. The second kappa shape index (κ2) is 11.5. The molecule has 1 fully saturated rings. The lowest BCUT2D eigenvalue weighted by molar-refractivity contribution is 0.0932. The number of aromatic nitrogens is 4. The number of nitrogens with one attached hydrogen (secondary N) is 1. The van der Waals surface area contributed by atoms with Crippen LogP contribution in [0.15, 0.2) is 48.5 Å². The summed E-state index contributed by atoms with van der Waals surface area (Å²) in [5.74, 6) is 2.99. The average molecular weight is 587 g/mol. The Bertz CT molecular complexity index is 1610. The molecular formula is C28H26ClF3N6O3. The normalized spacial score (nSPS) is 16.1. The van der Waals surface area contributed by atoms with Crippen molar-refractivity contribution in [2.24, 2.45) is 11.3 Å². The van der Waals surface area contributed by atoms with Crippen molar-refractivity contribution in [1.82, 2.24) is 25.2 Å². The summed E-state index contributed by atoms with van der Waals surface area (Å²) in [6, 6.07) is 10.5. The molecule has 2 aromatic heterocycles. The fourth-order valence-electron chi connectivity index (χ4n) is 4.70. The van der Waals surface area contributed by atoms with E-state index in [2.05, 4.69) is 15.2 Å². The van der Waals surface area contributed by atoms with Crippen LogP contribution in [-0.4, -0.2) is 38.9 Å². The number of amides is 1. The van der Waals surface area contributed by atoms with Crippen LogP contribution in [0.25, 0.3) is 11.3 Å². The van der Waals surface area contributed by atoms with Gasteiger partial charge in [-0.3, -0.25) is 10.2 Å². The minimum absolute atomic E-state index is 0.00180. The van der Waals surface area contributed by atoms with Gasteiger partial charge in [0.1, 0.15) is 29.9 Å². The number of nitrogens with zero attached hydrogens (tertiary/aromatic N) is 4. The molecule has 2 aromatic carbocycles. The van der Waals surface area contributed by atoms with Crippen molar-refractivity contribution >= 4 is 17.5 Å². The number of ether oxygens (including phenoxy) is 2. The van der Waals surface area contributed by atoms with Gasteiger partial charge in [0, 0.05) is 34.1 Å². The SMILES string of the molecule is CC1(C)COC[C@@H]1n1c(Cc2cc(F)c(-c3cccc(OCc4ccc(Cl)cc4F)n3)cc2F)nnc1C(=O)NN. The Kier molecular flexibility index (Phi) is 7.98. The molecule has 41 heavy (non-hydrogen) atoms. The molecule has 9 nitrogen and oxygen atoms in total. The molecule has 0 saturated carbocycles. The van der Waals surface area contributed by atoms with Crippen molar-refractivity contribution < 1.29 is 27.4 Å². The topological polar surface area (TPSA) is 117 Å². The minimum atomic E-state index is -0.731. The number of carbonyl (C=O) groups excluding carboxylic acids is 1. The molecule has 5 rings (SSSR count). The van der Waals surface area contributed by atoms with Gasteiger partial charge in [0.2, 0.25) is 11.7 Å². The molecule has 0 unspecified atom stereocenters. The number of benzene rings is 2. The lowest BCUT2D eigenvalue weighted by Crippen LogP contribution is -2.36.